The average molecular weight is 470 g/mol. The van der Waals surface area contributed by atoms with E-state index in [9.17, 15) is 9.59 Å². The maximum atomic E-state index is 12.2. The molecule has 9 nitrogen and oxygen atoms in total. The van der Waals surface area contributed by atoms with Crippen molar-refractivity contribution < 1.29 is 9.59 Å². The molecule has 33 heavy (non-hydrogen) atoms. The van der Waals surface area contributed by atoms with Gasteiger partial charge in [-0.3, -0.25) is 9.59 Å². The molecular weight excluding hydrogens is 442 g/mol. The third-order valence-corrected chi connectivity index (χ3v) is 5.98. The Morgan fingerprint density at radius 1 is 1.21 bits per heavy atom. The molecule has 0 bridgehead atoms. The van der Waals surface area contributed by atoms with Crippen LogP contribution >= 0.6 is 11.6 Å². The SMILES string of the molecule is CC(=O)NC1CCC(N(c2cc(Nc3ncc(C#N)cc3Cl)ncc2C(N)=O)C(C)C)CC1. The molecule has 1 saturated carbocycles. The fraction of sp³-hybridized carbons (Fsp3) is 0.435. The fourth-order valence-corrected chi connectivity index (χ4v) is 4.52. The van der Waals surface area contributed by atoms with E-state index >= 15 is 0 Å². The van der Waals surface area contributed by atoms with Crippen molar-refractivity contribution in [3.8, 4) is 6.07 Å². The Hall–Kier alpha value is -3.38. The number of aromatic nitrogens is 2. The van der Waals surface area contributed by atoms with Crippen LogP contribution in [0, 0.1) is 11.3 Å². The number of rotatable bonds is 7. The summed E-state index contributed by atoms with van der Waals surface area (Å²) < 4.78 is 0. The van der Waals surface area contributed by atoms with Gasteiger partial charge in [-0.1, -0.05) is 11.6 Å². The van der Waals surface area contributed by atoms with Gasteiger partial charge >= 0.3 is 0 Å². The molecule has 2 amide bonds. The number of nitrogens with zero attached hydrogens (tertiary/aromatic N) is 4. The Morgan fingerprint density at radius 3 is 2.45 bits per heavy atom. The number of pyridine rings is 2. The molecule has 0 aromatic carbocycles. The van der Waals surface area contributed by atoms with Crippen molar-refractivity contribution in [3.63, 3.8) is 0 Å². The summed E-state index contributed by atoms with van der Waals surface area (Å²) in [6.07, 6.45) is 6.34. The minimum Gasteiger partial charge on any atom is -0.365 e. The number of carbonyl (C=O) groups is 2. The van der Waals surface area contributed by atoms with Gasteiger partial charge in [0.25, 0.3) is 5.91 Å². The second-order valence-corrected chi connectivity index (χ2v) is 8.86. The van der Waals surface area contributed by atoms with E-state index in [1.54, 1.807) is 6.07 Å². The molecule has 3 rings (SSSR count). The van der Waals surface area contributed by atoms with Crippen LogP contribution in [0.3, 0.4) is 0 Å². The van der Waals surface area contributed by atoms with Gasteiger partial charge in [-0.05, 0) is 45.6 Å². The molecule has 2 heterocycles. The lowest BCUT2D eigenvalue weighted by Crippen LogP contribution is -2.47. The van der Waals surface area contributed by atoms with Gasteiger partial charge in [0.2, 0.25) is 5.91 Å². The number of primary amides is 1. The van der Waals surface area contributed by atoms with Crippen molar-refractivity contribution in [1.82, 2.24) is 15.3 Å². The second kappa shape index (κ2) is 10.5. The lowest BCUT2D eigenvalue weighted by atomic mass is 9.89. The Kier molecular flexibility index (Phi) is 7.71. The van der Waals surface area contributed by atoms with Crippen molar-refractivity contribution >= 4 is 40.7 Å². The van der Waals surface area contributed by atoms with Crippen LogP contribution in [-0.4, -0.2) is 39.9 Å². The molecule has 2 aromatic heterocycles. The Labute approximate surface area is 198 Å². The van der Waals surface area contributed by atoms with Crippen LogP contribution in [-0.2, 0) is 4.79 Å². The second-order valence-electron chi connectivity index (χ2n) is 8.45. The van der Waals surface area contributed by atoms with E-state index in [1.807, 2.05) is 6.07 Å². The number of nitrogens with two attached hydrogens (primary N) is 1. The lowest BCUT2D eigenvalue weighted by Gasteiger charge is -2.41. The summed E-state index contributed by atoms with van der Waals surface area (Å²) in [6, 6.07) is 5.73. The average Bonchev–Trinajstić information content (AvgIpc) is 2.76. The first-order valence-corrected chi connectivity index (χ1v) is 11.2. The maximum Gasteiger partial charge on any atom is 0.252 e. The summed E-state index contributed by atoms with van der Waals surface area (Å²) in [4.78, 5) is 34.3. The van der Waals surface area contributed by atoms with Crippen molar-refractivity contribution in [3.05, 3.63) is 40.7 Å². The fourth-order valence-electron chi connectivity index (χ4n) is 4.31. The molecule has 1 fully saturated rings. The summed E-state index contributed by atoms with van der Waals surface area (Å²) in [5, 5.41) is 15.4. The Bertz CT molecular complexity index is 1070. The predicted molar refractivity (Wildman–Crippen MR) is 127 cm³/mol. The number of halogens is 1. The first kappa shape index (κ1) is 24.3. The minimum absolute atomic E-state index is 0.0184. The van der Waals surface area contributed by atoms with E-state index in [0.29, 0.717) is 28.5 Å². The van der Waals surface area contributed by atoms with Gasteiger partial charge in [-0.15, -0.1) is 0 Å². The summed E-state index contributed by atoms with van der Waals surface area (Å²) in [6.45, 7) is 5.67. The predicted octanol–water partition coefficient (Wildman–Crippen LogP) is 3.51. The van der Waals surface area contributed by atoms with E-state index < -0.39 is 5.91 Å². The smallest absolute Gasteiger partial charge is 0.252 e. The number of anilines is 3. The Balaban J connectivity index is 1.91. The minimum atomic E-state index is -0.559. The highest BCUT2D eigenvalue weighted by Gasteiger charge is 2.30. The summed E-state index contributed by atoms with van der Waals surface area (Å²) >= 11 is 6.25. The van der Waals surface area contributed by atoms with Crippen LogP contribution in [0.1, 0.15) is 62.4 Å². The largest absolute Gasteiger partial charge is 0.365 e. The number of nitriles is 1. The van der Waals surface area contributed by atoms with Gasteiger partial charge in [0.05, 0.1) is 21.8 Å². The Morgan fingerprint density at radius 2 is 1.91 bits per heavy atom. The molecule has 1 aliphatic carbocycles. The van der Waals surface area contributed by atoms with Gasteiger partial charge < -0.3 is 21.3 Å². The normalized spacial score (nSPS) is 17.8. The highest BCUT2D eigenvalue weighted by Crippen LogP contribution is 2.34. The maximum absolute atomic E-state index is 12.2. The molecular formula is C23H28ClN7O2. The molecule has 0 unspecified atom stereocenters. The zero-order valence-corrected chi connectivity index (χ0v) is 19.7. The quantitative estimate of drug-likeness (QED) is 0.564. The first-order chi connectivity index (χ1) is 15.7. The summed E-state index contributed by atoms with van der Waals surface area (Å²) in [5.74, 6) is 0.228. The van der Waals surface area contributed by atoms with Gasteiger partial charge in [0.15, 0.2) is 0 Å². The van der Waals surface area contributed by atoms with E-state index in [0.717, 1.165) is 25.7 Å². The molecule has 0 spiro atoms. The highest BCUT2D eigenvalue weighted by atomic mass is 35.5. The number of hydrogen-bond acceptors (Lipinski definition) is 7. The topological polar surface area (TPSA) is 137 Å². The third-order valence-electron chi connectivity index (χ3n) is 5.70. The molecule has 4 N–H and O–H groups in total. The first-order valence-electron chi connectivity index (χ1n) is 10.9. The lowest BCUT2D eigenvalue weighted by molar-refractivity contribution is -0.119. The van der Waals surface area contributed by atoms with Crippen LogP contribution in [0.5, 0.6) is 0 Å². The van der Waals surface area contributed by atoms with E-state index in [2.05, 4.69) is 39.3 Å². The molecule has 10 heteroatoms. The van der Waals surface area contributed by atoms with Gasteiger partial charge in [-0.2, -0.15) is 5.26 Å². The molecule has 1 aliphatic rings. The highest BCUT2D eigenvalue weighted by molar-refractivity contribution is 6.33. The van der Waals surface area contributed by atoms with Crippen molar-refractivity contribution in [2.24, 2.45) is 5.73 Å². The van der Waals surface area contributed by atoms with Crippen LogP contribution < -0.4 is 21.3 Å². The third kappa shape index (κ3) is 5.90. The van der Waals surface area contributed by atoms with Crippen LogP contribution in [0.4, 0.5) is 17.3 Å². The monoisotopic (exact) mass is 469 g/mol. The van der Waals surface area contributed by atoms with Crippen molar-refractivity contribution in [1.29, 1.82) is 5.26 Å². The van der Waals surface area contributed by atoms with E-state index in [-0.39, 0.29) is 29.1 Å². The van der Waals surface area contributed by atoms with Gasteiger partial charge in [0.1, 0.15) is 17.7 Å². The van der Waals surface area contributed by atoms with Crippen molar-refractivity contribution in [2.75, 3.05) is 10.2 Å². The number of carbonyl (C=O) groups excluding carboxylic acids is 2. The van der Waals surface area contributed by atoms with Crippen molar-refractivity contribution in [2.45, 2.75) is 64.6 Å². The van der Waals surface area contributed by atoms with E-state index in [4.69, 9.17) is 22.6 Å². The molecule has 0 aliphatic heterocycles. The number of hydrogen-bond donors (Lipinski definition) is 3. The summed E-state index contributed by atoms with van der Waals surface area (Å²) in [7, 11) is 0. The molecule has 2 aromatic rings. The number of amides is 2. The molecule has 0 radical (unpaired) electrons. The molecule has 0 saturated heterocycles. The standard InChI is InChI=1S/C23H28ClN7O2/c1-13(2)31(17-6-4-16(5-7-17)29-14(3)32)20-9-21(27-12-18(20)22(26)33)30-23-19(24)8-15(10-25)11-28-23/h8-9,11-13,16-17H,4-7H2,1-3H3,(H2,26,33)(H,29,32)(H,27,28,30). The molecule has 174 valence electrons. The van der Waals surface area contributed by atoms with Crippen LogP contribution in [0.15, 0.2) is 24.5 Å². The zero-order valence-electron chi connectivity index (χ0n) is 18.9. The zero-order chi connectivity index (χ0) is 24.1. The summed E-state index contributed by atoms with van der Waals surface area (Å²) in [5.41, 5.74) is 7.04. The van der Waals surface area contributed by atoms with Crippen LogP contribution in [0.25, 0.3) is 0 Å². The molecule has 0 atom stereocenters. The van der Waals surface area contributed by atoms with Gasteiger partial charge in [-0.25, -0.2) is 9.97 Å². The number of nitrogens with one attached hydrogen (secondary N) is 2. The van der Waals surface area contributed by atoms with E-state index in [1.165, 1.54) is 25.4 Å². The van der Waals surface area contributed by atoms with Gasteiger partial charge in [0, 0.05) is 43.5 Å². The van der Waals surface area contributed by atoms with Crippen LogP contribution in [0.2, 0.25) is 5.02 Å².